The third-order valence-corrected chi connectivity index (χ3v) is 7.24. The van der Waals surface area contributed by atoms with E-state index in [1.54, 1.807) is 13.2 Å². The average Bonchev–Trinajstić information content (AvgIpc) is 3.17. The van der Waals surface area contributed by atoms with Crippen molar-refractivity contribution in [1.82, 2.24) is 19.4 Å². The lowest BCUT2D eigenvalue weighted by Crippen LogP contribution is -2.45. The largest absolute Gasteiger partial charge is 0.492 e. The number of ether oxygens (including phenoxy) is 1. The molecule has 1 aromatic carbocycles. The van der Waals surface area contributed by atoms with Crippen LogP contribution in [0.5, 0.6) is 5.75 Å². The van der Waals surface area contributed by atoms with Crippen molar-refractivity contribution in [1.29, 1.82) is 0 Å². The van der Waals surface area contributed by atoms with Gasteiger partial charge in [-0.05, 0) is 36.8 Å². The van der Waals surface area contributed by atoms with E-state index in [1.807, 2.05) is 31.2 Å². The summed E-state index contributed by atoms with van der Waals surface area (Å²) >= 11 is 7.95. The number of aryl methyl sites for hydroxylation is 2. The highest BCUT2D eigenvalue weighted by atomic mass is 35.5. The predicted octanol–water partition coefficient (Wildman–Crippen LogP) is 3.43. The smallest absolute Gasteiger partial charge is 0.331 e. The van der Waals surface area contributed by atoms with Gasteiger partial charge in [0.05, 0.1) is 23.4 Å². The lowest BCUT2D eigenvalue weighted by molar-refractivity contribution is 0.199. The molecule has 7 nitrogen and oxygen atoms in total. The number of rotatable bonds is 6. The highest BCUT2D eigenvalue weighted by molar-refractivity contribution is 7.19. The Morgan fingerprint density at radius 2 is 2.03 bits per heavy atom. The second-order valence-corrected chi connectivity index (χ2v) is 9.93. The lowest BCUT2D eigenvalue weighted by atomic mass is 10.0. The molecule has 1 saturated heterocycles. The molecular formula is C24H23ClN4O3S. The maximum atomic E-state index is 12.5. The van der Waals surface area contributed by atoms with E-state index in [9.17, 15) is 9.59 Å². The molecule has 0 bridgehead atoms. The number of fused-ring (bicyclic) bond motifs is 1. The molecule has 1 N–H and O–H groups in total. The summed E-state index contributed by atoms with van der Waals surface area (Å²) in [7, 11) is 1.63. The van der Waals surface area contributed by atoms with Gasteiger partial charge in [0.25, 0.3) is 5.56 Å². The van der Waals surface area contributed by atoms with Crippen LogP contribution in [0.3, 0.4) is 0 Å². The Morgan fingerprint density at radius 1 is 1.21 bits per heavy atom. The number of halogens is 1. The van der Waals surface area contributed by atoms with Gasteiger partial charge in [-0.1, -0.05) is 11.6 Å². The zero-order chi connectivity index (χ0) is 23.1. The Hall–Kier alpha value is -2.94. The minimum Gasteiger partial charge on any atom is -0.492 e. The van der Waals surface area contributed by atoms with Crippen molar-refractivity contribution in [2.24, 2.45) is 13.0 Å². The minimum absolute atomic E-state index is 0.194. The summed E-state index contributed by atoms with van der Waals surface area (Å²) in [6.07, 6.45) is 3.24. The number of thiophene rings is 1. The normalized spacial score (nSPS) is 13.9. The molecule has 1 aliphatic rings. The summed E-state index contributed by atoms with van der Waals surface area (Å²) in [5.74, 6) is 1.33. The number of nitrogens with one attached hydrogen (secondary N) is 1. The molecule has 0 atom stereocenters. The van der Waals surface area contributed by atoms with Crippen molar-refractivity contribution in [3.63, 3.8) is 0 Å². The van der Waals surface area contributed by atoms with Crippen molar-refractivity contribution in [3.05, 3.63) is 79.0 Å². The molecule has 4 heterocycles. The number of hydrogen-bond donors (Lipinski definition) is 1. The molecule has 0 amide bonds. The van der Waals surface area contributed by atoms with Gasteiger partial charge in [0.15, 0.2) is 0 Å². The molecule has 3 aromatic heterocycles. The van der Waals surface area contributed by atoms with Gasteiger partial charge in [0, 0.05) is 65.5 Å². The first-order valence-electron chi connectivity index (χ1n) is 10.7. The Balaban J connectivity index is 1.58. The second-order valence-electron chi connectivity index (χ2n) is 8.35. The van der Waals surface area contributed by atoms with Crippen LogP contribution in [0, 0.1) is 12.8 Å². The molecule has 0 aliphatic carbocycles. The Morgan fingerprint density at radius 3 is 2.79 bits per heavy atom. The molecule has 170 valence electrons. The van der Waals surface area contributed by atoms with E-state index in [-0.39, 0.29) is 17.8 Å². The Labute approximate surface area is 199 Å². The zero-order valence-electron chi connectivity index (χ0n) is 18.3. The molecule has 33 heavy (non-hydrogen) atoms. The van der Waals surface area contributed by atoms with E-state index in [0.29, 0.717) is 17.5 Å². The first kappa shape index (κ1) is 21.9. The second kappa shape index (κ2) is 8.78. The van der Waals surface area contributed by atoms with E-state index in [1.165, 1.54) is 32.7 Å². The van der Waals surface area contributed by atoms with Gasteiger partial charge >= 0.3 is 5.69 Å². The van der Waals surface area contributed by atoms with Crippen LogP contribution in [-0.2, 0) is 13.6 Å². The van der Waals surface area contributed by atoms with E-state index in [4.69, 9.17) is 16.3 Å². The van der Waals surface area contributed by atoms with Gasteiger partial charge in [0.1, 0.15) is 5.75 Å². The van der Waals surface area contributed by atoms with Crippen LogP contribution >= 0.6 is 22.9 Å². The summed E-state index contributed by atoms with van der Waals surface area (Å²) in [4.78, 5) is 30.1. The minimum atomic E-state index is -0.347. The topological polar surface area (TPSA) is 78.2 Å². The molecule has 0 unspecified atom stereocenters. The standard InChI is InChI=1S/C24H23ClN4O3S/c1-14-7-16(25)8-19(22(14)32-13-15-10-26-11-15)18-3-5-27-20-9-17(33-23(18)20)12-29-21(30)4-6-28(2)24(29)31/h3-9,15,26H,10-13H2,1-2H3. The fourth-order valence-electron chi connectivity index (χ4n) is 3.98. The maximum Gasteiger partial charge on any atom is 0.331 e. The summed E-state index contributed by atoms with van der Waals surface area (Å²) in [6, 6.07) is 9.12. The van der Waals surface area contributed by atoms with Crippen LogP contribution < -0.4 is 21.3 Å². The van der Waals surface area contributed by atoms with Gasteiger partial charge in [0.2, 0.25) is 0 Å². The van der Waals surface area contributed by atoms with Crippen LogP contribution in [0.2, 0.25) is 5.02 Å². The van der Waals surface area contributed by atoms with Gasteiger partial charge in [-0.15, -0.1) is 11.3 Å². The lowest BCUT2D eigenvalue weighted by Gasteiger charge is -2.27. The third kappa shape index (κ3) is 4.21. The first-order valence-corrected chi connectivity index (χ1v) is 11.9. The van der Waals surface area contributed by atoms with E-state index in [2.05, 4.69) is 10.3 Å². The highest BCUT2D eigenvalue weighted by Crippen LogP contribution is 2.41. The summed E-state index contributed by atoms with van der Waals surface area (Å²) in [6.45, 7) is 4.77. The van der Waals surface area contributed by atoms with Crippen molar-refractivity contribution in [3.8, 4) is 16.9 Å². The predicted molar refractivity (Wildman–Crippen MR) is 132 cm³/mol. The van der Waals surface area contributed by atoms with Gasteiger partial charge in [-0.3, -0.25) is 14.3 Å². The van der Waals surface area contributed by atoms with Crippen LogP contribution in [-0.4, -0.2) is 33.8 Å². The van der Waals surface area contributed by atoms with Crippen molar-refractivity contribution >= 4 is 33.2 Å². The van der Waals surface area contributed by atoms with Gasteiger partial charge < -0.3 is 14.6 Å². The Kier molecular flexibility index (Phi) is 5.82. The number of aromatic nitrogens is 3. The molecule has 0 saturated carbocycles. The fourth-order valence-corrected chi connectivity index (χ4v) is 5.39. The van der Waals surface area contributed by atoms with Crippen LogP contribution in [0.25, 0.3) is 21.3 Å². The molecule has 1 fully saturated rings. The monoisotopic (exact) mass is 482 g/mol. The van der Waals surface area contributed by atoms with Crippen molar-refractivity contribution < 1.29 is 4.74 Å². The molecule has 4 aromatic rings. The van der Waals surface area contributed by atoms with E-state index in [0.717, 1.165) is 50.6 Å². The van der Waals surface area contributed by atoms with Crippen LogP contribution in [0.1, 0.15) is 10.4 Å². The van der Waals surface area contributed by atoms with Crippen molar-refractivity contribution in [2.75, 3.05) is 19.7 Å². The van der Waals surface area contributed by atoms with Crippen LogP contribution in [0.15, 0.2) is 52.3 Å². The number of hydrogen-bond acceptors (Lipinski definition) is 6. The number of pyridine rings is 1. The summed E-state index contributed by atoms with van der Waals surface area (Å²) in [5.41, 5.74) is 3.00. The average molecular weight is 483 g/mol. The number of benzene rings is 1. The first-order chi connectivity index (χ1) is 15.9. The molecular weight excluding hydrogens is 460 g/mol. The highest BCUT2D eigenvalue weighted by Gasteiger charge is 2.21. The van der Waals surface area contributed by atoms with E-state index < -0.39 is 0 Å². The summed E-state index contributed by atoms with van der Waals surface area (Å²) < 4.78 is 9.86. The quantitative estimate of drug-likeness (QED) is 0.455. The zero-order valence-corrected chi connectivity index (χ0v) is 19.9. The number of nitrogens with zero attached hydrogens (tertiary/aromatic N) is 3. The Bertz CT molecular complexity index is 1470. The van der Waals surface area contributed by atoms with Gasteiger partial charge in [-0.2, -0.15) is 0 Å². The molecule has 0 radical (unpaired) electrons. The van der Waals surface area contributed by atoms with Crippen LogP contribution in [0.4, 0.5) is 0 Å². The fraction of sp³-hybridized carbons (Fsp3) is 0.292. The summed E-state index contributed by atoms with van der Waals surface area (Å²) in [5, 5.41) is 3.91. The SMILES string of the molecule is Cc1cc(Cl)cc(-c2ccnc3cc(Cn4c(=O)ccn(C)c4=O)sc23)c1OCC1CNC1. The maximum absolute atomic E-state index is 12.5. The molecule has 5 rings (SSSR count). The van der Waals surface area contributed by atoms with Crippen molar-refractivity contribution in [2.45, 2.75) is 13.5 Å². The molecule has 9 heteroatoms. The van der Waals surface area contributed by atoms with Gasteiger partial charge in [-0.25, -0.2) is 4.79 Å². The molecule has 0 spiro atoms. The third-order valence-electron chi connectivity index (χ3n) is 5.88. The molecule has 1 aliphatic heterocycles. The van der Waals surface area contributed by atoms with E-state index >= 15 is 0 Å².